The van der Waals surface area contributed by atoms with Crippen molar-refractivity contribution >= 4 is 43.8 Å². The number of carbonyl (C=O) groups is 1. The standard InChI is InChI=1S/C26H26BrN3O2/c1-26(2,3)32-25(31)30-12-4-5-23(30)24-28-21-11-9-19(15-22(21)29-24)16-6-7-18-14-20(27)10-8-17(18)13-16/h6-11,13-15,23H,4-5,12H2,1-3H3,(H,28,29)/t23-/m0/s1. The number of imidazole rings is 1. The Hall–Kier alpha value is -2.86. The molecular formula is C26H26BrN3O2. The summed E-state index contributed by atoms with van der Waals surface area (Å²) in [5.74, 6) is 0.823. The molecule has 1 aromatic heterocycles. The molecule has 1 saturated heterocycles. The number of aromatic amines is 1. The lowest BCUT2D eigenvalue weighted by atomic mass is 10.0. The number of ether oxygens (including phenoxy) is 1. The second-order valence-corrected chi connectivity index (χ2v) is 10.3. The van der Waals surface area contributed by atoms with Gasteiger partial charge in [-0.05, 0) is 85.8 Å². The van der Waals surface area contributed by atoms with Gasteiger partial charge in [0.05, 0.1) is 17.1 Å². The van der Waals surface area contributed by atoms with Crippen LogP contribution in [0.1, 0.15) is 45.5 Å². The summed E-state index contributed by atoms with van der Waals surface area (Å²) in [5, 5.41) is 2.41. The van der Waals surface area contributed by atoms with Crippen molar-refractivity contribution in [3.8, 4) is 11.1 Å². The van der Waals surface area contributed by atoms with Crippen LogP contribution in [0.4, 0.5) is 4.79 Å². The van der Waals surface area contributed by atoms with Gasteiger partial charge in [-0.25, -0.2) is 9.78 Å². The summed E-state index contributed by atoms with van der Waals surface area (Å²) in [6.07, 6.45) is 1.55. The molecule has 1 aliphatic rings. The molecule has 1 aliphatic heterocycles. The van der Waals surface area contributed by atoms with Crippen LogP contribution in [0.2, 0.25) is 0 Å². The largest absolute Gasteiger partial charge is 0.444 e. The van der Waals surface area contributed by atoms with Gasteiger partial charge in [-0.15, -0.1) is 0 Å². The van der Waals surface area contributed by atoms with E-state index in [9.17, 15) is 4.79 Å². The Balaban J connectivity index is 1.45. The highest BCUT2D eigenvalue weighted by atomic mass is 79.9. The van der Waals surface area contributed by atoms with Crippen molar-refractivity contribution in [2.24, 2.45) is 0 Å². The van der Waals surface area contributed by atoms with Crippen molar-refractivity contribution in [3.05, 3.63) is 64.9 Å². The molecule has 4 aromatic rings. The minimum absolute atomic E-state index is 0.0835. The highest BCUT2D eigenvalue weighted by Gasteiger charge is 2.34. The van der Waals surface area contributed by atoms with Gasteiger partial charge < -0.3 is 9.72 Å². The molecule has 3 aromatic carbocycles. The van der Waals surface area contributed by atoms with Gasteiger partial charge >= 0.3 is 6.09 Å². The molecule has 164 valence electrons. The van der Waals surface area contributed by atoms with Crippen molar-refractivity contribution in [2.45, 2.75) is 45.3 Å². The summed E-state index contributed by atoms with van der Waals surface area (Å²) in [6.45, 7) is 6.37. The predicted octanol–water partition coefficient (Wildman–Crippen LogP) is 7.22. The molecule has 32 heavy (non-hydrogen) atoms. The van der Waals surface area contributed by atoms with Gasteiger partial charge in [-0.2, -0.15) is 0 Å². The molecule has 0 saturated carbocycles. The molecule has 0 aliphatic carbocycles. The lowest BCUT2D eigenvalue weighted by Crippen LogP contribution is -2.36. The predicted molar refractivity (Wildman–Crippen MR) is 132 cm³/mol. The van der Waals surface area contributed by atoms with E-state index < -0.39 is 5.60 Å². The average Bonchev–Trinajstić information content (AvgIpc) is 3.38. The van der Waals surface area contributed by atoms with E-state index in [0.717, 1.165) is 45.3 Å². The third-order valence-electron chi connectivity index (χ3n) is 5.83. The summed E-state index contributed by atoms with van der Waals surface area (Å²) >= 11 is 3.54. The first-order valence-electron chi connectivity index (χ1n) is 11.0. The summed E-state index contributed by atoms with van der Waals surface area (Å²) in [4.78, 5) is 22.8. The molecule has 1 atom stereocenters. The molecule has 5 nitrogen and oxygen atoms in total. The fourth-order valence-corrected chi connectivity index (χ4v) is 4.73. The van der Waals surface area contributed by atoms with Crippen LogP contribution in [0.25, 0.3) is 32.9 Å². The zero-order valence-corrected chi connectivity index (χ0v) is 20.1. The maximum atomic E-state index is 12.7. The van der Waals surface area contributed by atoms with E-state index in [4.69, 9.17) is 9.72 Å². The molecule has 0 radical (unpaired) electrons. The second-order valence-electron chi connectivity index (χ2n) is 9.39. The molecule has 0 spiro atoms. The molecule has 6 heteroatoms. The number of halogens is 1. The number of rotatable bonds is 2. The van der Waals surface area contributed by atoms with Crippen LogP contribution in [-0.2, 0) is 4.74 Å². The van der Waals surface area contributed by atoms with Crippen molar-refractivity contribution in [3.63, 3.8) is 0 Å². The number of H-pyrrole nitrogens is 1. The molecular weight excluding hydrogens is 466 g/mol. The third kappa shape index (κ3) is 4.11. The first kappa shape index (κ1) is 21.0. The number of benzene rings is 3. The van der Waals surface area contributed by atoms with Crippen molar-refractivity contribution in [1.82, 2.24) is 14.9 Å². The molecule has 0 unspecified atom stereocenters. The minimum atomic E-state index is -0.511. The van der Waals surface area contributed by atoms with Crippen LogP contribution in [0.5, 0.6) is 0 Å². The lowest BCUT2D eigenvalue weighted by Gasteiger charge is -2.27. The second kappa shape index (κ2) is 7.93. The van der Waals surface area contributed by atoms with E-state index in [0.29, 0.717) is 6.54 Å². The summed E-state index contributed by atoms with van der Waals surface area (Å²) < 4.78 is 6.69. The number of hydrogen-bond donors (Lipinski definition) is 1. The molecule has 2 heterocycles. The summed E-state index contributed by atoms with van der Waals surface area (Å²) in [6, 6.07) is 19.0. The van der Waals surface area contributed by atoms with E-state index in [1.54, 1.807) is 4.90 Å². The SMILES string of the molecule is CC(C)(C)OC(=O)N1CCC[C@H]1c1nc2ccc(-c3ccc4cc(Br)ccc4c3)cc2[nH]1. The number of amides is 1. The number of likely N-dealkylation sites (tertiary alicyclic amines) is 1. The van der Waals surface area contributed by atoms with Crippen molar-refractivity contribution in [1.29, 1.82) is 0 Å². The summed E-state index contributed by atoms with van der Waals surface area (Å²) in [7, 11) is 0. The van der Waals surface area contributed by atoms with Crippen LogP contribution in [-0.4, -0.2) is 33.1 Å². The van der Waals surface area contributed by atoms with E-state index >= 15 is 0 Å². The van der Waals surface area contributed by atoms with Gasteiger partial charge in [-0.1, -0.05) is 40.2 Å². The highest BCUT2D eigenvalue weighted by Crippen LogP contribution is 2.34. The number of nitrogens with one attached hydrogen (secondary N) is 1. The summed E-state index contributed by atoms with van der Waals surface area (Å²) in [5.41, 5.74) is 3.67. The Morgan fingerprint density at radius 2 is 1.78 bits per heavy atom. The van der Waals surface area contributed by atoms with Crippen LogP contribution >= 0.6 is 15.9 Å². The quantitative estimate of drug-likeness (QED) is 0.322. The average molecular weight is 492 g/mol. The molecule has 1 fully saturated rings. The van der Waals surface area contributed by atoms with Crippen LogP contribution in [0.15, 0.2) is 59.1 Å². The van der Waals surface area contributed by atoms with Gasteiger partial charge in [0.1, 0.15) is 11.4 Å². The smallest absolute Gasteiger partial charge is 0.410 e. The fourth-order valence-electron chi connectivity index (χ4n) is 4.35. The Morgan fingerprint density at radius 3 is 2.59 bits per heavy atom. The zero-order valence-electron chi connectivity index (χ0n) is 18.5. The molecule has 1 N–H and O–H groups in total. The number of aromatic nitrogens is 2. The lowest BCUT2D eigenvalue weighted by molar-refractivity contribution is 0.0219. The van der Waals surface area contributed by atoms with E-state index in [-0.39, 0.29) is 12.1 Å². The van der Waals surface area contributed by atoms with Gasteiger partial charge in [0.25, 0.3) is 0 Å². The molecule has 0 bridgehead atoms. The zero-order chi connectivity index (χ0) is 22.5. The highest BCUT2D eigenvalue weighted by molar-refractivity contribution is 9.10. The topological polar surface area (TPSA) is 58.2 Å². The third-order valence-corrected chi connectivity index (χ3v) is 6.33. The normalized spacial score (nSPS) is 16.8. The van der Waals surface area contributed by atoms with Crippen molar-refractivity contribution in [2.75, 3.05) is 6.54 Å². The van der Waals surface area contributed by atoms with Crippen LogP contribution < -0.4 is 0 Å². The van der Waals surface area contributed by atoms with Gasteiger partial charge in [-0.3, -0.25) is 4.90 Å². The first-order valence-corrected chi connectivity index (χ1v) is 11.8. The van der Waals surface area contributed by atoms with E-state index in [1.165, 1.54) is 10.8 Å². The van der Waals surface area contributed by atoms with Crippen LogP contribution in [0, 0.1) is 0 Å². The maximum Gasteiger partial charge on any atom is 0.410 e. The number of nitrogens with zero attached hydrogens (tertiary/aromatic N) is 2. The van der Waals surface area contributed by atoms with Gasteiger partial charge in [0.2, 0.25) is 0 Å². The van der Waals surface area contributed by atoms with Crippen molar-refractivity contribution < 1.29 is 9.53 Å². The fraction of sp³-hybridized carbons (Fsp3) is 0.308. The van der Waals surface area contributed by atoms with Crippen LogP contribution in [0.3, 0.4) is 0 Å². The maximum absolute atomic E-state index is 12.7. The number of hydrogen-bond acceptors (Lipinski definition) is 3. The monoisotopic (exact) mass is 491 g/mol. The van der Waals surface area contributed by atoms with Gasteiger partial charge in [0.15, 0.2) is 0 Å². The van der Waals surface area contributed by atoms with Gasteiger partial charge in [0, 0.05) is 11.0 Å². The van der Waals surface area contributed by atoms with E-state index in [1.807, 2.05) is 26.8 Å². The Morgan fingerprint density at radius 1 is 1.06 bits per heavy atom. The number of carbonyl (C=O) groups excluding carboxylic acids is 1. The number of fused-ring (bicyclic) bond motifs is 2. The Kier molecular flexibility index (Phi) is 5.20. The molecule has 5 rings (SSSR count). The Bertz CT molecular complexity index is 1320. The van der Waals surface area contributed by atoms with E-state index in [2.05, 4.69) is 69.4 Å². The Labute approximate surface area is 195 Å². The first-order chi connectivity index (χ1) is 15.3. The molecule has 1 amide bonds. The minimum Gasteiger partial charge on any atom is -0.444 e.